The van der Waals surface area contributed by atoms with Crippen LogP contribution in [0, 0.1) is 0 Å². The summed E-state index contributed by atoms with van der Waals surface area (Å²) in [6, 6.07) is 3.23. The lowest BCUT2D eigenvalue weighted by atomic mass is 9.97. The number of methoxy groups -OCH3 is 1. The standard InChI is InChI=1S/C21H42O5Si/c1-6-27(7-2,8-3)26-18-20(4,23)16-13-19(22)12-11-15-21(24-5)14-9-10-17-25-21/h11,15,19,22-23H,6-10,12-14,16-18H2,1-5H3/b15-11-. The van der Waals surface area contributed by atoms with Gasteiger partial charge in [0.1, 0.15) is 0 Å². The van der Waals surface area contributed by atoms with Gasteiger partial charge in [-0.1, -0.05) is 26.8 Å². The van der Waals surface area contributed by atoms with Gasteiger partial charge in [0.15, 0.2) is 14.1 Å². The molecule has 27 heavy (non-hydrogen) atoms. The Labute approximate surface area is 167 Å². The molecule has 5 nitrogen and oxygen atoms in total. The molecule has 3 atom stereocenters. The first-order valence-corrected chi connectivity index (χ1v) is 13.2. The van der Waals surface area contributed by atoms with Crippen molar-refractivity contribution in [1.29, 1.82) is 0 Å². The molecule has 3 unspecified atom stereocenters. The first-order valence-electron chi connectivity index (χ1n) is 10.7. The van der Waals surface area contributed by atoms with Gasteiger partial charge < -0.3 is 24.1 Å². The molecule has 1 rings (SSSR count). The Morgan fingerprint density at radius 2 is 1.89 bits per heavy atom. The highest BCUT2D eigenvalue weighted by atomic mass is 28.4. The Kier molecular flexibility index (Phi) is 10.7. The lowest BCUT2D eigenvalue weighted by molar-refractivity contribution is -0.208. The summed E-state index contributed by atoms with van der Waals surface area (Å²) in [5, 5.41) is 20.9. The molecule has 160 valence electrons. The largest absolute Gasteiger partial charge is 0.414 e. The predicted molar refractivity (Wildman–Crippen MR) is 112 cm³/mol. The van der Waals surface area contributed by atoms with Crippen molar-refractivity contribution < 1.29 is 24.1 Å². The molecular weight excluding hydrogens is 360 g/mol. The van der Waals surface area contributed by atoms with Gasteiger partial charge in [-0.2, -0.15) is 0 Å². The van der Waals surface area contributed by atoms with Gasteiger partial charge in [0, 0.05) is 13.5 Å². The number of hydrogen-bond donors (Lipinski definition) is 2. The molecule has 0 saturated carbocycles. The van der Waals surface area contributed by atoms with E-state index in [1.165, 1.54) is 0 Å². The highest BCUT2D eigenvalue weighted by molar-refractivity contribution is 6.73. The Morgan fingerprint density at radius 1 is 1.22 bits per heavy atom. The molecule has 1 aliphatic heterocycles. The van der Waals surface area contributed by atoms with Crippen molar-refractivity contribution in [2.24, 2.45) is 0 Å². The monoisotopic (exact) mass is 402 g/mol. The number of rotatable bonds is 13. The smallest absolute Gasteiger partial charge is 0.192 e. The molecule has 1 aliphatic rings. The van der Waals surface area contributed by atoms with Crippen molar-refractivity contribution in [3.05, 3.63) is 12.2 Å². The average molecular weight is 403 g/mol. The zero-order valence-corrected chi connectivity index (χ0v) is 19.1. The van der Waals surface area contributed by atoms with Crippen LogP contribution in [0.3, 0.4) is 0 Å². The molecule has 1 saturated heterocycles. The van der Waals surface area contributed by atoms with E-state index in [-0.39, 0.29) is 0 Å². The van der Waals surface area contributed by atoms with E-state index in [0.717, 1.165) is 37.4 Å². The molecule has 0 aliphatic carbocycles. The summed E-state index contributed by atoms with van der Waals surface area (Å²) >= 11 is 0. The maximum atomic E-state index is 10.6. The predicted octanol–water partition coefficient (Wildman–Crippen LogP) is 4.39. The zero-order chi connectivity index (χ0) is 20.4. The van der Waals surface area contributed by atoms with Gasteiger partial charge in [0.25, 0.3) is 0 Å². The van der Waals surface area contributed by atoms with E-state index in [1.807, 2.05) is 19.1 Å². The van der Waals surface area contributed by atoms with Crippen LogP contribution >= 0.6 is 0 Å². The van der Waals surface area contributed by atoms with E-state index < -0.39 is 25.8 Å². The fraction of sp³-hybridized carbons (Fsp3) is 0.905. The number of aliphatic hydroxyl groups is 2. The van der Waals surface area contributed by atoms with Crippen LogP contribution in [0.1, 0.15) is 66.2 Å². The van der Waals surface area contributed by atoms with E-state index in [2.05, 4.69) is 20.8 Å². The van der Waals surface area contributed by atoms with E-state index >= 15 is 0 Å². The van der Waals surface area contributed by atoms with Crippen LogP contribution < -0.4 is 0 Å². The summed E-state index contributed by atoms with van der Waals surface area (Å²) < 4.78 is 17.5. The topological polar surface area (TPSA) is 68.2 Å². The summed E-state index contributed by atoms with van der Waals surface area (Å²) in [5.74, 6) is -0.633. The summed E-state index contributed by atoms with van der Waals surface area (Å²) in [6.45, 7) is 9.44. The highest BCUT2D eigenvalue weighted by Crippen LogP contribution is 2.28. The van der Waals surface area contributed by atoms with Gasteiger partial charge in [-0.25, -0.2) is 0 Å². The van der Waals surface area contributed by atoms with Gasteiger partial charge in [0.2, 0.25) is 0 Å². The van der Waals surface area contributed by atoms with E-state index in [4.69, 9.17) is 13.9 Å². The Bertz CT molecular complexity index is 420. The molecular formula is C21H42O5Si. The van der Waals surface area contributed by atoms with Crippen LogP contribution in [-0.4, -0.2) is 56.3 Å². The third-order valence-electron chi connectivity index (χ3n) is 6.03. The van der Waals surface area contributed by atoms with Crippen LogP contribution in [0.5, 0.6) is 0 Å². The Morgan fingerprint density at radius 3 is 2.41 bits per heavy atom. The second-order valence-electron chi connectivity index (χ2n) is 8.18. The maximum Gasteiger partial charge on any atom is 0.192 e. The van der Waals surface area contributed by atoms with Crippen LogP contribution in [0.15, 0.2) is 12.2 Å². The van der Waals surface area contributed by atoms with Crippen molar-refractivity contribution in [2.75, 3.05) is 20.3 Å². The van der Waals surface area contributed by atoms with Gasteiger partial charge in [-0.3, -0.25) is 0 Å². The first-order chi connectivity index (χ1) is 12.8. The lowest BCUT2D eigenvalue weighted by Gasteiger charge is -2.33. The molecule has 0 aromatic heterocycles. The molecule has 0 radical (unpaired) electrons. The van der Waals surface area contributed by atoms with Crippen molar-refractivity contribution >= 4 is 8.32 Å². The van der Waals surface area contributed by atoms with E-state index in [9.17, 15) is 10.2 Å². The number of hydrogen-bond acceptors (Lipinski definition) is 5. The summed E-state index contributed by atoms with van der Waals surface area (Å²) in [4.78, 5) is 0. The van der Waals surface area contributed by atoms with Crippen molar-refractivity contribution in [3.63, 3.8) is 0 Å². The molecule has 0 aromatic carbocycles. The van der Waals surface area contributed by atoms with Crippen LogP contribution in [-0.2, 0) is 13.9 Å². The van der Waals surface area contributed by atoms with E-state index in [1.54, 1.807) is 7.11 Å². The quantitative estimate of drug-likeness (QED) is 0.353. The van der Waals surface area contributed by atoms with Crippen molar-refractivity contribution in [1.82, 2.24) is 0 Å². The molecule has 0 amide bonds. The van der Waals surface area contributed by atoms with Crippen LogP contribution in [0.2, 0.25) is 18.1 Å². The zero-order valence-electron chi connectivity index (χ0n) is 18.1. The van der Waals surface area contributed by atoms with Crippen molar-refractivity contribution in [3.8, 4) is 0 Å². The molecule has 2 N–H and O–H groups in total. The Hall–Kier alpha value is -0.243. The number of aliphatic hydroxyl groups excluding tert-OH is 1. The lowest BCUT2D eigenvalue weighted by Crippen LogP contribution is -2.42. The van der Waals surface area contributed by atoms with Crippen LogP contribution in [0.25, 0.3) is 0 Å². The fourth-order valence-corrected chi connectivity index (χ4v) is 6.32. The maximum absolute atomic E-state index is 10.6. The normalized spacial score (nSPS) is 24.9. The fourth-order valence-electron chi connectivity index (χ4n) is 3.59. The average Bonchev–Trinajstić information content (AvgIpc) is 2.69. The van der Waals surface area contributed by atoms with Crippen LogP contribution in [0.4, 0.5) is 0 Å². The molecule has 0 spiro atoms. The van der Waals surface area contributed by atoms with Gasteiger partial charge in [-0.15, -0.1) is 0 Å². The van der Waals surface area contributed by atoms with Gasteiger partial charge in [0.05, 0.1) is 24.9 Å². The van der Waals surface area contributed by atoms with Gasteiger partial charge in [-0.05, 0) is 63.2 Å². The van der Waals surface area contributed by atoms with E-state index in [0.29, 0.717) is 32.5 Å². The minimum absolute atomic E-state index is 0.359. The summed E-state index contributed by atoms with van der Waals surface area (Å²) in [7, 11) is -0.0355. The minimum atomic E-state index is -1.70. The molecule has 1 heterocycles. The third kappa shape index (κ3) is 8.34. The third-order valence-corrected chi connectivity index (χ3v) is 10.7. The number of ether oxygens (including phenoxy) is 2. The second-order valence-corrected chi connectivity index (χ2v) is 13.0. The molecule has 1 fully saturated rings. The SMILES string of the molecule is CC[Si](CC)(CC)OCC(C)(O)CCC(O)C/C=C\C1(OC)CCCCO1. The molecule has 0 bridgehead atoms. The Balaban J connectivity index is 2.41. The minimum Gasteiger partial charge on any atom is -0.414 e. The summed E-state index contributed by atoms with van der Waals surface area (Å²) in [5.41, 5.74) is -0.900. The first kappa shape index (κ1) is 24.8. The van der Waals surface area contributed by atoms with Gasteiger partial charge >= 0.3 is 0 Å². The second kappa shape index (κ2) is 11.7. The summed E-state index contributed by atoms with van der Waals surface area (Å²) in [6.07, 6.45) is 7.97. The molecule has 6 heteroatoms. The highest BCUT2D eigenvalue weighted by Gasteiger charge is 2.33. The molecule has 0 aromatic rings. The van der Waals surface area contributed by atoms with Crippen molar-refractivity contribution in [2.45, 2.75) is 102 Å².